The highest BCUT2D eigenvalue weighted by molar-refractivity contribution is 7.87. The van der Waals surface area contributed by atoms with Crippen molar-refractivity contribution in [3.05, 3.63) is 0 Å². The van der Waals surface area contributed by atoms with Gasteiger partial charge in [-0.25, -0.2) is 4.72 Å². The van der Waals surface area contributed by atoms with E-state index in [2.05, 4.69) is 18.6 Å². The third-order valence-electron chi connectivity index (χ3n) is 2.93. The van der Waals surface area contributed by atoms with Gasteiger partial charge in [-0.1, -0.05) is 13.8 Å². The number of rotatable bonds is 8. The molecule has 1 aliphatic rings. The van der Waals surface area contributed by atoms with Crippen molar-refractivity contribution in [1.82, 2.24) is 9.03 Å². The van der Waals surface area contributed by atoms with Crippen molar-refractivity contribution in [1.29, 1.82) is 0 Å². The van der Waals surface area contributed by atoms with Crippen molar-refractivity contribution in [3.8, 4) is 0 Å². The van der Waals surface area contributed by atoms with Gasteiger partial charge in [0.05, 0.1) is 12.2 Å². The van der Waals surface area contributed by atoms with Gasteiger partial charge in [0.25, 0.3) is 10.2 Å². The summed E-state index contributed by atoms with van der Waals surface area (Å²) in [6.45, 7) is 10.5. The van der Waals surface area contributed by atoms with E-state index in [1.807, 2.05) is 13.8 Å². The SMILES string of the molecule is CC(C)COCCCNS(=O)(=O)N1C[C@H](C)O[C@@H](C)C1. The van der Waals surface area contributed by atoms with Crippen LogP contribution in [0.15, 0.2) is 0 Å². The molecule has 1 N–H and O–H groups in total. The standard InChI is InChI=1S/C13H28N2O4S/c1-11(2)10-18-7-5-6-14-20(16,17)15-8-12(3)19-13(4)9-15/h11-14H,5-10H2,1-4H3/t12-,13-/m0/s1. The number of hydrogen-bond acceptors (Lipinski definition) is 4. The van der Waals surface area contributed by atoms with Crippen LogP contribution in [0.1, 0.15) is 34.1 Å². The summed E-state index contributed by atoms with van der Waals surface area (Å²) in [6, 6.07) is 0. The molecule has 0 saturated carbocycles. The fourth-order valence-electron chi connectivity index (χ4n) is 2.11. The maximum absolute atomic E-state index is 12.1. The molecule has 20 heavy (non-hydrogen) atoms. The molecule has 0 radical (unpaired) electrons. The Bertz CT molecular complexity index is 363. The van der Waals surface area contributed by atoms with Crippen LogP contribution in [0.2, 0.25) is 0 Å². The maximum atomic E-state index is 12.1. The van der Waals surface area contributed by atoms with Crippen LogP contribution in [0.3, 0.4) is 0 Å². The van der Waals surface area contributed by atoms with Crippen LogP contribution < -0.4 is 4.72 Å². The molecule has 1 rings (SSSR count). The topological polar surface area (TPSA) is 67.9 Å². The summed E-state index contributed by atoms with van der Waals surface area (Å²) in [7, 11) is -3.40. The van der Waals surface area contributed by atoms with Gasteiger partial charge in [-0.3, -0.25) is 0 Å². The van der Waals surface area contributed by atoms with E-state index in [-0.39, 0.29) is 12.2 Å². The first-order chi connectivity index (χ1) is 9.31. The van der Waals surface area contributed by atoms with Crippen LogP contribution in [-0.2, 0) is 19.7 Å². The molecule has 0 spiro atoms. The molecule has 1 aliphatic heterocycles. The molecule has 1 heterocycles. The molecule has 2 atom stereocenters. The zero-order valence-electron chi connectivity index (χ0n) is 13.0. The zero-order chi connectivity index (χ0) is 15.2. The lowest BCUT2D eigenvalue weighted by molar-refractivity contribution is -0.0444. The monoisotopic (exact) mass is 308 g/mol. The molecular formula is C13H28N2O4S. The quantitative estimate of drug-likeness (QED) is 0.679. The van der Waals surface area contributed by atoms with Crippen LogP contribution >= 0.6 is 0 Å². The second kappa shape index (κ2) is 8.29. The van der Waals surface area contributed by atoms with Crippen LogP contribution in [0, 0.1) is 5.92 Å². The Morgan fingerprint density at radius 2 is 1.90 bits per heavy atom. The zero-order valence-corrected chi connectivity index (χ0v) is 13.8. The summed E-state index contributed by atoms with van der Waals surface area (Å²) in [5, 5.41) is 0. The molecule has 6 nitrogen and oxygen atoms in total. The summed E-state index contributed by atoms with van der Waals surface area (Å²) in [5.74, 6) is 0.503. The molecular weight excluding hydrogens is 280 g/mol. The number of ether oxygens (including phenoxy) is 2. The van der Waals surface area contributed by atoms with E-state index in [9.17, 15) is 8.42 Å². The summed E-state index contributed by atoms with van der Waals surface area (Å²) >= 11 is 0. The van der Waals surface area contributed by atoms with Gasteiger partial charge in [0.2, 0.25) is 0 Å². The minimum atomic E-state index is -3.40. The Kier molecular flexibility index (Phi) is 7.39. The first-order valence-corrected chi connectivity index (χ1v) is 8.73. The first kappa shape index (κ1) is 17.8. The van der Waals surface area contributed by atoms with Gasteiger partial charge < -0.3 is 9.47 Å². The molecule has 0 bridgehead atoms. The third-order valence-corrected chi connectivity index (χ3v) is 4.47. The summed E-state index contributed by atoms with van der Waals surface area (Å²) < 4.78 is 39.3. The number of morpholine rings is 1. The highest BCUT2D eigenvalue weighted by Crippen LogP contribution is 2.13. The van der Waals surface area contributed by atoms with Crippen molar-refractivity contribution in [2.24, 2.45) is 5.92 Å². The van der Waals surface area contributed by atoms with Gasteiger partial charge >= 0.3 is 0 Å². The normalized spacial score (nSPS) is 25.2. The summed E-state index contributed by atoms with van der Waals surface area (Å²) in [5.41, 5.74) is 0. The van der Waals surface area contributed by atoms with Crippen molar-refractivity contribution in [2.45, 2.75) is 46.3 Å². The van der Waals surface area contributed by atoms with Gasteiger partial charge in [-0.05, 0) is 26.2 Å². The predicted molar refractivity (Wildman–Crippen MR) is 78.8 cm³/mol. The van der Waals surface area contributed by atoms with Crippen molar-refractivity contribution >= 4 is 10.2 Å². The van der Waals surface area contributed by atoms with E-state index in [0.29, 0.717) is 45.2 Å². The Hall–Kier alpha value is -0.210. The average Bonchev–Trinajstić information content (AvgIpc) is 2.32. The Balaban J connectivity index is 2.27. The summed E-state index contributed by atoms with van der Waals surface area (Å²) in [4.78, 5) is 0. The second-order valence-electron chi connectivity index (χ2n) is 5.80. The minimum Gasteiger partial charge on any atom is -0.381 e. The van der Waals surface area contributed by atoms with E-state index < -0.39 is 10.2 Å². The van der Waals surface area contributed by atoms with Gasteiger partial charge in [-0.15, -0.1) is 0 Å². The van der Waals surface area contributed by atoms with Gasteiger partial charge in [0, 0.05) is 32.8 Å². The molecule has 0 aromatic heterocycles. The Morgan fingerprint density at radius 1 is 1.30 bits per heavy atom. The molecule has 0 unspecified atom stereocenters. The lowest BCUT2D eigenvalue weighted by Gasteiger charge is -2.34. The average molecular weight is 308 g/mol. The first-order valence-electron chi connectivity index (χ1n) is 7.29. The van der Waals surface area contributed by atoms with Gasteiger partial charge in [0.1, 0.15) is 0 Å². The highest BCUT2D eigenvalue weighted by atomic mass is 32.2. The van der Waals surface area contributed by atoms with Gasteiger partial charge in [0.15, 0.2) is 0 Å². The second-order valence-corrected chi connectivity index (χ2v) is 7.55. The van der Waals surface area contributed by atoms with Crippen molar-refractivity contribution in [3.63, 3.8) is 0 Å². The molecule has 1 fully saturated rings. The number of nitrogens with zero attached hydrogens (tertiary/aromatic N) is 1. The van der Waals surface area contributed by atoms with Crippen molar-refractivity contribution < 1.29 is 17.9 Å². The number of nitrogens with one attached hydrogen (secondary N) is 1. The summed E-state index contributed by atoms with van der Waals surface area (Å²) in [6.07, 6.45) is 0.552. The largest absolute Gasteiger partial charge is 0.381 e. The molecule has 0 aliphatic carbocycles. The number of hydrogen-bond donors (Lipinski definition) is 1. The molecule has 0 aromatic rings. The highest BCUT2D eigenvalue weighted by Gasteiger charge is 2.30. The lowest BCUT2D eigenvalue weighted by Crippen LogP contribution is -2.52. The lowest BCUT2D eigenvalue weighted by atomic mass is 10.2. The van der Waals surface area contributed by atoms with Crippen LogP contribution in [0.25, 0.3) is 0 Å². The Labute approximate surface area is 123 Å². The minimum absolute atomic E-state index is 0.0651. The molecule has 7 heteroatoms. The van der Waals surface area contributed by atoms with Crippen LogP contribution in [0.4, 0.5) is 0 Å². The van der Waals surface area contributed by atoms with Crippen molar-refractivity contribution in [2.75, 3.05) is 32.8 Å². The molecule has 1 saturated heterocycles. The fourth-order valence-corrected chi connectivity index (χ4v) is 3.51. The fraction of sp³-hybridized carbons (Fsp3) is 1.00. The Morgan fingerprint density at radius 3 is 2.45 bits per heavy atom. The van der Waals surface area contributed by atoms with Crippen LogP contribution in [-0.4, -0.2) is 57.8 Å². The van der Waals surface area contributed by atoms with Crippen LogP contribution in [0.5, 0.6) is 0 Å². The van der Waals surface area contributed by atoms with E-state index in [4.69, 9.17) is 9.47 Å². The van der Waals surface area contributed by atoms with Gasteiger partial charge in [-0.2, -0.15) is 12.7 Å². The maximum Gasteiger partial charge on any atom is 0.279 e. The van der Waals surface area contributed by atoms with E-state index in [1.165, 1.54) is 4.31 Å². The van der Waals surface area contributed by atoms with E-state index in [1.54, 1.807) is 0 Å². The predicted octanol–water partition coefficient (Wildman–Crippen LogP) is 0.993. The third kappa shape index (κ3) is 6.49. The smallest absolute Gasteiger partial charge is 0.279 e. The molecule has 0 aromatic carbocycles. The molecule has 0 amide bonds. The molecule has 120 valence electrons. The van der Waals surface area contributed by atoms with E-state index >= 15 is 0 Å². The van der Waals surface area contributed by atoms with E-state index in [0.717, 1.165) is 0 Å².